The number of amides is 1. The van der Waals surface area contributed by atoms with Gasteiger partial charge < -0.3 is 0 Å². The van der Waals surface area contributed by atoms with Crippen molar-refractivity contribution in [2.75, 3.05) is 0 Å². The van der Waals surface area contributed by atoms with E-state index in [9.17, 15) is 26.4 Å². The number of rotatable bonds is 3. The highest BCUT2D eigenvalue weighted by atomic mass is 32.2. The summed E-state index contributed by atoms with van der Waals surface area (Å²) in [6, 6.07) is 4.31. The Morgan fingerprint density at radius 2 is 1.71 bits per heavy atom. The van der Waals surface area contributed by atoms with Gasteiger partial charge in [-0.1, -0.05) is 0 Å². The van der Waals surface area contributed by atoms with Crippen molar-refractivity contribution < 1.29 is 26.4 Å². The molecule has 0 fully saturated rings. The van der Waals surface area contributed by atoms with E-state index in [0.29, 0.717) is 12.1 Å². The molecule has 9 heteroatoms. The fourth-order valence-corrected chi connectivity index (χ4v) is 3.07. The Morgan fingerprint density at radius 1 is 1.10 bits per heavy atom. The summed E-state index contributed by atoms with van der Waals surface area (Å²) in [4.78, 5) is 11.2. The van der Waals surface area contributed by atoms with Crippen LogP contribution in [0.2, 0.25) is 0 Å². The van der Waals surface area contributed by atoms with Crippen LogP contribution in [0.15, 0.2) is 46.0 Å². The molecule has 1 amide bonds. The third-order valence-electron chi connectivity index (χ3n) is 2.50. The first kappa shape index (κ1) is 15.5. The molecule has 0 saturated carbocycles. The summed E-state index contributed by atoms with van der Waals surface area (Å²) in [7, 11) is -4.21. The van der Waals surface area contributed by atoms with E-state index >= 15 is 0 Å². The second-order valence-electron chi connectivity index (χ2n) is 3.97. The maximum atomic E-state index is 12.4. The Morgan fingerprint density at radius 3 is 2.19 bits per heavy atom. The van der Waals surface area contributed by atoms with Gasteiger partial charge in [0.1, 0.15) is 0 Å². The Kier molecular flexibility index (Phi) is 4.06. The number of benzene rings is 1. The van der Waals surface area contributed by atoms with Crippen LogP contribution >= 0.6 is 11.3 Å². The summed E-state index contributed by atoms with van der Waals surface area (Å²) >= 11 is 1.21. The molecule has 0 saturated heterocycles. The van der Waals surface area contributed by atoms with Gasteiger partial charge in [-0.3, -0.25) is 4.79 Å². The van der Waals surface area contributed by atoms with Gasteiger partial charge >= 0.3 is 6.18 Å². The van der Waals surface area contributed by atoms with Crippen molar-refractivity contribution in [3.05, 3.63) is 52.2 Å². The highest BCUT2D eigenvalue weighted by Gasteiger charge is 2.30. The molecule has 0 spiro atoms. The minimum absolute atomic E-state index is 0.162. The number of carbonyl (C=O) groups is 1. The van der Waals surface area contributed by atoms with Crippen LogP contribution in [0.5, 0.6) is 0 Å². The molecule has 21 heavy (non-hydrogen) atoms. The largest absolute Gasteiger partial charge is 0.416 e. The Labute approximate surface area is 122 Å². The lowest BCUT2D eigenvalue weighted by Crippen LogP contribution is -2.30. The fourth-order valence-electron chi connectivity index (χ4n) is 1.46. The molecule has 0 unspecified atom stereocenters. The molecule has 0 bridgehead atoms. The van der Waals surface area contributed by atoms with Crippen LogP contribution < -0.4 is 4.72 Å². The monoisotopic (exact) mass is 335 g/mol. The van der Waals surface area contributed by atoms with Crippen LogP contribution in [0.4, 0.5) is 13.2 Å². The van der Waals surface area contributed by atoms with Gasteiger partial charge in [0.2, 0.25) is 0 Å². The summed E-state index contributed by atoms with van der Waals surface area (Å²) < 4.78 is 62.8. The maximum absolute atomic E-state index is 12.4. The van der Waals surface area contributed by atoms with Crippen molar-refractivity contribution in [3.8, 4) is 0 Å². The minimum Gasteiger partial charge on any atom is -0.268 e. The van der Waals surface area contributed by atoms with Crippen LogP contribution in [-0.4, -0.2) is 14.3 Å². The van der Waals surface area contributed by atoms with Crippen molar-refractivity contribution in [2.24, 2.45) is 0 Å². The topological polar surface area (TPSA) is 63.2 Å². The molecule has 2 rings (SSSR count). The molecule has 1 N–H and O–H groups in total. The van der Waals surface area contributed by atoms with Gasteiger partial charge in [-0.2, -0.15) is 24.5 Å². The molecule has 0 aliphatic rings. The number of thiophene rings is 1. The Bertz CT molecular complexity index is 735. The van der Waals surface area contributed by atoms with E-state index in [0.717, 1.165) is 12.1 Å². The first-order chi connectivity index (χ1) is 9.70. The summed E-state index contributed by atoms with van der Waals surface area (Å²) in [5.74, 6) is -0.837. The lowest BCUT2D eigenvalue weighted by atomic mass is 10.2. The zero-order chi connectivity index (χ0) is 15.7. The summed E-state index contributed by atoms with van der Waals surface area (Å²) in [5.41, 5.74) is -0.805. The predicted octanol–water partition coefficient (Wildman–Crippen LogP) is 2.89. The molecule has 0 aliphatic heterocycles. The molecule has 0 atom stereocenters. The van der Waals surface area contributed by atoms with E-state index in [1.807, 2.05) is 0 Å². The third-order valence-corrected chi connectivity index (χ3v) is 4.53. The molecule has 1 aromatic carbocycles. The van der Waals surface area contributed by atoms with E-state index in [2.05, 4.69) is 0 Å². The van der Waals surface area contributed by atoms with E-state index in [4.69, 9.17) is 0 Å². The van der Waals surface area contributed by atoms with Gasteiger partial charge in [0.25, 0.3) is 15.9 Å². The standard InChI is InChI=1S/C12H8F3NO3S2/c13-12(14,15)9-1-3-10(4-2-9)21(18,19)16-11(17)8-5-6-20-7-8/h1-7H,(H,16,17). The lowest BCUT2D eigenvalue weighted by Gasteiger charge is -2.09. The second kappa shape index (κ2) is 5.49. The van der Waals surface area contributed by atoms with Crippen molar-refractivity contribution in [1.82, 2.24) is 4.72 Å². The molecule has 112 valence electrons. The fraction of sp³-hybridized carbons (Fsp3) is 0.0833. The lowest BCUT2D eigenvalue weighted by molar-refractivity contribution is -0.137. The number of carbonyl (C=O) groups excluding carboxylic acids is 1. The quantitative estimate of drug-likeness (QED) is 0.938. The van der Waals surface area contributed by atoms with Crippen LogP contribution in [0, 0.1) is 0 Å². The summed E-state index contributed by atoms with van der Waals surface area (Å²) in [6.07, 6.45) is -4.55. The van der Waals surface area contributed by atoms with Gasteiger partial charge in [0.05, 0.1) is 16.0 Å². The highest BCUT2D eigenvalue weighted by Crippen LogP contribution is 2.29. The minimum atomic E-state index is -4.55. The average molecular weight is 335 g/mol. The SMILES string of the molecule is O=C(NS(=O)(=O)c1ccc(C(F)(F)F)cc1)c1ccsc1. The number of alkyl halides is 3. The molecule has 0 aliphatic carbocycles. The number of hydrogen-bond donors (Lipinski definition) is 1. The van der Waals surface area contributed by atoms with Crippen LogP contribution in [0.25, 0.3) is 0 Å². The van der Waals surface area contributed by atoms with Gasteiger partial charge in [0.15, 0.2) is 0 Å². The molecular weight excluding hydrogens is 327 g/mol. The number of sulfonamides is 1. The van der Waals surface area contributed by atoms with Crippen molar-refractivity contribution >= 4 is 27.3 Å². The normalized spacial score (nSPS) is 12.1. The van der Waals surface area contributed by atoms with Crippen molar-refractivity contribution in [3.63, 3.8) is 0 Å². The highest BCUT2D eigenvalue weighted by molar-refractivity contribution is 7.90. The maximum Gasteiger partial charge on any atom is 0.416 e. The van der Waals surface area contributed by atoms with E-state index < -0.39 is 32.6 Å². The molecule has 1 heterocycles. The molecule has 0 radical (unpaired) electrons. The summed E-state index contributed by atoms with van der Waals surface area (Å²) in [5, 5.41) is 3.05. The van der Waals surface area contributed by atoms with Gasteiger partial charge in [-0.05, 0) is 35.7 Å². The van der Waals surface area contributed by atoms with E-state index in [1.54, 1.807) is 10.1 Å². The number of nitrogens with one attached hydrogen (secondary N) is 1. The number of hydrogen-bond acceptors (Lipinski definition) is 4. The van der Waals surface area contributed by atoms with E-state index in [-0.39, 0.29) is 5.56 Å². The van der Waals surface area contributed by atoms with Crippen LogP contribution in [0.1, 0.15) is 15.9 Å². The molecule has 4 nitrogen and oxygen atoms in total. The zero-order valence-corrected chi connectivity index (χ0v) is 11.8. The van der Waals surface area contributed by atoms with Gasteiger partial charge in [-0.15, -0.1) is 0 Å². The third kappa shape index (κ3) is 3.61. The molecule has 2 aromatic rings. The summed E-state index contributed by atoms with van der Waals surface area (Å²) in [6.45, 7) is 0. The first-order valence-corrected chi connectivity index (χ1v) is 7.89. The van der Waals surface area contributed by atoms with Crippen LogP contribution in [0.3, 0.4) is 0 Å². The van der Waals surface area contributed by atoms with Gasteiger partial charge in [-0.25, -0.2) is 13.1 Å². The predicted molar refractivity (Wildman–Crippen MR) is 70.4 cm³/mol. The zero-order valence-electron chi connectivity index (χ0n) is 10.2. The Hall–Kier alpha value is -1.87. The van der Waals surface area contributed by atoms with E-state index in [1.165, 1.54) is 22.8 Å². The first-order valence-electron chi connectivity index (χ1n) is 5.47. The molecular formula is C12H8F3NO3S2. The van der Waals surface area contributed by atoms with Gasteiger partial charge in [0, 0.05) is 5.38 Å². The average Bonchev–Trinajstić information content (AvgIpc) is 2.91. The van der Waals surface area contributed by atoms with Crippen LogP contribution in [-0.2, 0) is 16.2 Å². The molecule has 1 aromatic heterocycles. The Balaban J connectivity index is 2.22. The smallest absolute Gasteiger partial charge is 0.268 e. The van der Waals surface area contributed by atoms with Crippen molar-refractivity contribution in [2.45, 2.75) is 11.1 Å². The number of halogens is 3. The van der Waals surface area contributed by atoms with Crippen molar-refractivity contribution in [1.29, 1.82) is 0 Å². The second-order valence-corrected chi connectivity index (χ2v) is 6.43.